The summed E-state index contributed by atoms with van der Waals surface area (Å²) in [5.41, 5.74) is 4.43. The Morgan fingerprint density at radius 3 is 2.61 bits per heavy atom. The second-order valence-electron chi connectivity index (χ2n) is 10.5. The van der Waals surface area contributed by atoms with Gasteiger partial charge >= 0.3 is 0 Å². The van der Waals surface area contributed by atoms with Crippen molar-refractivity contribution in [2.75, 3.05) is 45.9 Å². The van der Waals surface area contributed by atoms with Crippen molar-refractivity contribution in [1.82, 2.24) is 14.7 Å². The summed E-state index contributed by atoms with van der Waals surface area (Å²) in [6.45, 7) is 6.73. The molecule has 1 N–H and O–H groups in total. The molecule has 0 aliphatic carbocycles. The molecular weight excluding hydrogens is 454 g/mol. The lowest BCUT2D eigenvalue weighted by Gasteiger charge is -2.32. The zero-order valence-electron chi connectivity index (χ0n) is 21.2. The Balaban J connectivity index is 1.19. The molecule has 0 unspecified atom stereocenters. The Hall–Kier alpha value is -2.90. The van der Waals surface area contributed by atoms with Crippen LogP contribution in [0.5, 0.6) is 5.75 Å². The molecule has 3 aliphatic rings. The third kappa shape index (κ3) is 5.73. The standard InChI is InChI=1S/C29H37N3O4/c1-21(33)31-12-8-22(9-13-31)16-23-6-7-28-27(17-23)29(35)32(14-15-36-28)20-26(34)19-30-11-10-24-4-2-3-5-25(24)18-30/h2-7,17,22,26,34H,8-16,18-20H2,1H3/t26-/m1/s1. The highest BCUT2D eigenvalue weighted by atomic mass is 16.5. The quantitative estimate of drug-likeness (QED) is 0.673. The molecular formula is C29H37N3O4. The summed E-state index contributed by atoms with van der Waals surface area (Å²) < 4.78 is 5.91. The number of hydrogen-bond acceptors (Lipinski definition) is 5. The van der Waals surface area contributed by atoms with Gasteiger partial charge in [0.15, 0.2) is 0 Å². The van der Waals surface area contributed by atoms with E-state index >= 15 is 0 Å². The third-order valence-corrected chi connectivity index (χ3v) is 7.87. The van der Waals surface area contributed by atoms with Gasteiger partial charge in [0.2, 0.25) is 5.91 Å². The highest BCUT2D eigenvalue weighted by Gasteiger charge is 2.28. The predicted octanol–water partition coefficient (Wildman–Crippen LogP) is 2.74. The van der Waals surface area contributed by atoms with E-state index in [0.29, 0.717) is 43.5 Å². The first kappa shape index (κ1) is 24.8. The number of β-amino-alcohol motifs (C(OH)–C–C–N with tert-alkyl or cyclic N) is 1. The fourth-order valence-electron chi connectivity index (χ4n) is 5.81. The molecule has 2 aromatic rings. The van der Waals surface area contributed by atoms with Crippen molar-refractivity contribution in [2.24, 2.45) is 5.92 Å². The number of fused-ring (bicyclic) bond motifs is 2. The molecule has 0 radical (unpaired) electrons. The Morgan fingerprint density at radius 1 is 1.06 bits per heavy atom. The van der Waals surface area contributed by atoms with E-state index in [1.54, 1.807) is 11.8 Å². The van der Waals surface area contributed by atoms with E-state index < -0.39 is 6.10 Å². The first-order valence-corrected chi connectivity index (χ1v) is 13.2. The molecule has 2 aromatic carbocycles. The molecule has 0 aromatic heterocycles. The molecule has 1 atom stereocenters. The van der Waals surface area contributed by atoms with Gasteiger partial charge in [0, 0.05) is 46.2 Å². The number of ether oxygens (including phenoxy) is 1. The van der Waals surface area contributed by atoms with Gasteiger partial charge in [0.1, 0.15) is 12.4 Å². The van der Waals surface area contributed by atoms with Gasteiger partial charge in [-0.3, -0.25) is 14.5 Å². The van der Waals surface area contributed by atoms with Crippen molar-refractivity contribution < 1.29 is 19.4 Å². The van der Waals surface area contributed by atoms with Crippen molar-refractivity contribution in [2.45, 2.75) is 45.3 Å². The summed E-state index contributed by atoms with van der Waals surface area (Å²) in [6, 6.07) is 14.4. The minimum atomic E-state index is -0.615. The molecule has 1 fully saturated rings. The van der Waals surface area contributed by atoms with Gasteiger partial charge in [-0.2, -0.15) is 0 Å². The number of aliphatic hydroxyl groups excluding tert-OH is 1. The van der Waals surface area contributed by atoms with Crippen LogP contribution in [0, 0.1) is 5.92 Å². The summed E-state index contributed by atoms with van der Waals surface area (Å²) in [7, 11) is 0. The van der Waals surface area contributed by atoms with E-state index in [-0.39, 0.29) is 11.8 Å². The lowest BCUT2D eigenvalue weighted by molar-refractivity contribution is -0.130. The molecule has 192 valence electrons. The summed E-state index contributed by atoms with van der Waals surface area (Å²) >= 11 is 0. The Bertz CT molecular complexity index is 1100. The largest absolute Gasteiger partial charge is 0.491 e. The predicted molar refractivity (Wildman–Crippen MR) is 138 cm³/mol. The molecule has 0 bridgehead atoms. The summed E-state index contributed by atoms with van der Waals surface area (Å²) in [5, 5.41) is 10.9. The zero-order valence-corrected chi connectivity index (χ0v) is 21.2. The highest BCUT2D eigenvalue weighted by Crippen LogP contribution is 2.28. The van der Waals surface area contributed by atoms with Crippen molar-refractivity contribution in [3.05, 3.63) is 64.7 Å². The van der Waals surface area contributed by atoms with Crippen LogP contribution in [0.15, 0.2) is 42.5 Å². The van der Waals surface area contributed by atoms with Crippen molar-refractivity contribution in [3.63, 3.8) is 0 Å². The van der Waals surface area contributed by atoms with Crippen molar-refractivity contribution in [1.29, 1.82) is 0 Å². The lowest BCUT2D eigenvalue weighted by atomic mass is 9.89. The molecule has 5 rings (SSSR count). The highest BCUT2D eigenvalue weighted by molar-refractivity contribution is 5.97. The fourth-order valence-corrected chi connectivity index (χ4v) is 5.81. The average molecular weight is 492 g/mol. The summed E-state index contributed by atoms with van der Waals surface area (Å²) in [4.78, 5) is 31.0. The number of nitrogens with zero attached hydrogens (tertiary/aromatic N) is 3. The van der Waals surface area contributed by atoms with Crippen LogP contribution in [-0.2, 0) is 24.2 Å². The van der Waals surface area contributed by atoms with Crippen LogP contribution in [0.1, 0.15) is 46.8 Å². The van der Waals surface area contributed by atoms with E-state index in [1.807, 2.05) is 17.0 Å². The lowest BCUT2D eigenvalue weighted by Crippen LogP contribution is -2.44. The number of carbonyl (C=O) groups is 2. The molecule has 0 spiro atoms. The average Bonchev–Trinajstić information content (AvgIpc) is 3.03. The molecule has 7 heteroatoms. The van der Waals surface area contributed by atoms with Crippen LogP contribution in [0.25, 0.3) is 0 Å². The summed E-state index contributed by atoms with van der Waals surface area (Å²) in [5.74, 6) is 1.21. The van der Waals surface area contributed by atoms with Crippen LogP contribution >= 0.6 is 0 Å². The maximum absolute atomic E-state index is 13.5. The Labute approximate surface area is 213 Å². The maximum Gasteiger partial charge on any atom is 0.257 e. The molecule has 0 saturated carbocycles. The number of aliphatic hydroxyl groups is 1. The van der Waals surface area contributed by atoms with Gasteiger partial charge < -0.3 is 19.6 Å². The van der Waals surface area contributed by atoms with Crippen LogP contribution in [-0.4, -0.2) is 83.6 Å². The molecule has 3 heterocycles. The first-order chi connectivity index (χ1) is 17.5. The number of piperidine rings is 1. The molecule has 7 nitrogen and oxygen atoms in total. The normalized spacial score (nSPS) is 19.8. The number of benzene rings is 2. The van der Waals surface area contributed by atoms with Crippen LogP contribution < -0.4 is 4.74 Å². The van der Waals surface area contributed by atoms with E-state index in [1.165, 1.54) is 11.1 Å². The minimum absolute atomic E-state index is 0.0706. The topological polar surface area (TPSA) is 73.3 Å². The van der Waals surface area contributed by atoms with Crippen LogP contribution in [0.4, 0.5) is 0 Å². The van der Waals surface area contributed by atoms with Gasteiger partial charge in [0.25, 0.3) is 5.91 Å². The van der Waals surface area contributed by atoms with Crippen molar-refractivity contribution >= 4 is 11.8 Å². The van der Waals surface area contributed by atoms with Gasteiger partial charge in [-0.15, -0.1) is 0 Å². The number of hydrogen-bond donors (Lipinski definition) is 1. The molecule has 36 heavy (non-hydrogen) atoms. The van der Waals surface area contributed by atoms with E-state index in [0.717, 1.165) is 57.4 Å². The SMILES string of the molecule is CC(=O)N1CCC(Cc2ccc3c(c2)C(=O)N(C[C@H](O)CN2CCc4ccccc4C2)CCO3)CC1. The molecule has 3 aliphatic heterocycles. The first-order valence-electron chi connectivity index (χ1n) is 13.2. The van der Waals surface area contributed by atoms with Crippen LogP contribution in [0.3, 0.4) is 0 Å². The second-order valence-corrected chi connectivity index (χ2v) is 10.5. The monoisotopic (exact) mass is 491 g/mol. The Morgan fingerprint density at radius 2 is 1.83 bits per heavy atom. The smallest absolute Gasteiger partial charge is 0.257 e. The van der Waals surface area contributed by atoms with Gasteiger partial charge in [-0.05, 0) is 60.4 Å². The third-order valence-electron chi connectivity index (χ3n) is 7.87. The number of amides is 2. The number of likely N-dealkylation sites (tertiary alicyclic amines) is 1. The van der Waals surface area contributed by atoms with Gasteiger partial charge in [-0.25, -0.2) is 0 Å². The molecule has 1 saturated heterocycles. The van der Waals surface area contributed by atoms with Gasteiger partial charge in [-0.1, -0.05) is 30.3 Å². The Kier molecular flexibility index (Phi) is 7.58. The van der Waals surface area contributed by atoms with E-state index in [2.05, 4.69) is 35.2 Å². The van der Waals surface area contributed by atoms with E-state index in [4.69, 9.17) is 4.74 Å². The fraction of sp³-hybridized carbons (Fsp3) is 0.517. The van der Waals surface area contributed by atoms with E-state index in [9.17, 15) is 14.7 Å². The van der Waals surface area contributed by atoms with Crippen molar-refractivity contribution in [3.8, 4) is 5.75 Å². The summed E-state index contributed by atoms with van der Waals surface area (Å²) in [6.07, 6.45) is 3.24. The van der Waals surface area contributed by atoms with Crippen LogP contribution in [0.2, 0.25) is 0 Å². The maximum atomic E-state index is 13.5. The zero-order chi connectivity index (χ0) is 25.1. The second kappa shape index (κ2) is 11.0. The number of rotatable bonds is 6. The molecule has 2 amide bonds. The van der Waals surface area contributed by atoms with Gasteiger partial charge in [0.05, 0.1) is 18.2 Å². The minimum Gasteiger partial charge on any atom is -0.491 e. The number of carbonyl (C=O) groups excluding carboxylic acids is 2.